The summed E-state index contributed by atoms with van der Waals surface area (Å²) in [5, 5.41) is 3.55. The zero-order chi connectivity index (χ0) is 10.5. The van der Waals surface area contributed by atoms with Crippen LogP contribution in [-0.4, -0.2) is 16.1 Å². The molecule has 1 aliphatic heterocycles. The van der Waals surface area contributed by atoms with Crippen molar-refractivity contribution >= 4 is 0 Å². The first-order valence-electron chi connectivity index (χ1n) is 5.93. The standard InChI is InChI=1S/C12H19N3/c1-12(2)6-11(12)15-8-13-7-10(15)9-4-3-5-14-9/h7-9,11,14H,3-6H2,1-2H3/t9-,11?/m0/s1. The molecule has 1 aromatic heterocycles. The fourth-order valence-corrected chi connectivity index (χ4v) is 2.70. The van der Waals surface area contributed by atoms with Crippen LogP contribution in [-0.2, 0) is 0 Å². The van der Waals surface area contributed by atoms with Crippen LogP contribution in [0.25, 0.3) is 0 Å². The zero-order valence-corrected chi connectivity index (χ0v) is 9.53. The molecule has 0 spiro atoms. The van der Waals surface area contributed by atoms with E-state index in [4.69, 9.17) is 0 Å². The summed E-state index contributed by atoms with van der Waals surface area (Å²) in [7, 11) is 0. The van der Waals surface area contributed by atoms with Crippen LogP contribution in [0.2, 0.25) is 0 Å². The highest BCUT2D eigenvalue weighted by molar-refractivity contribution is 5.13. The van der Waals surface area contributed by atoms with E-state index in [2.05, 4.69) is 28.7 Å². The van der Waals surface area contributed by atoms with E-state index >= 15 is 0 Å². The third-order valence-corrected chi connectivity index (χ3v) is 3.91. The lowest BCUT2D eigenvalue weighted by molar-refractivity contribution is 0.502. The Morgan fingerprint density at radius 2 is 2.33 bits per heavy atom. The van der Waals surface area contributed by atoms with E-state index in [0.717, 1.165) is 6.54 Å². The Morgan fingerprint density at radius 3 is 2.93 bits per heavy atom. The van der Waals surface area contributed by atoms with Crippen molar-refractivity contribution in [2.75, 3.05) is 6.54 Å². The van der Waals surface area contributed by atoms with Crippen molar-refractivity contribution in [1.82, 2.24) is 14.9 Å². The van der Waals surface area contributed by atoms with E-state index in [0.29, 0.717) is 17.5 Å². The minimum Gasteiger partial charge on any atom is -0.329 e. The van der Waals surface area contributed by atoms with E-state index in [1.807, 2.05) is 12.5 Å². The van der Waals surface area contributed by atoms with Gasteiger partial charge in [0.25, 0.3) is 0 Å². The monoisotopic (exact) mass is 205 g/mol. The van der Waals surface area contributed by atoms with Crippen molar-refractivity contribution in [2.45, 2.75) is 45.2 Å². The molecule has 1 aliphatic carbocycles. The molecule has 15 heavy (non-hydrogen) atoms. The second kappa shape index (κ2) is 3.08. The Hall–Kier alpha value is -0.830. The van der Waals surface area contributed by atoms with Crippen LogP contribution < -0.4 is 5.32 Å². The van der Waals surface area contributed by atoms with Crippen molar-refractivity contribution in [3.05, 3.63) is 18.2 Å². The van der Waals surface area contributed by atoms with Gasteiger partial charge in [-0.25, -0.2) is 4.98 Å². The summed E-state index contributed by atoms with van der Waals surface area (Å²) in [5.41, 5.74) is 1.87. The first-order chi connectivity index (χ1) is 7.18. The Kier molecular flexibility index (Phi) is 1.93. The van der Waals surface area contributed by atoms with Gasteiger partial charge in [0.2, 0.25) is 0 Å². The average molecular weight is 205 g/mol. The highest BCUT2D eigenvalue weighted by Crippen LogP contribution is 2.56. The molecule has 2 heterocycles. The molecule has 3 rings (SSSR count). The number of rotatable bonds is 2. The predicted octanol–water partition coefficient (Wildman–Crippen LogP) is 2.28. The summed E-state index contributed by atoms with van der Waals surface area (Å²) in [4.78, 5) is 4.32. The minimum atomic E-state index is 0.480. The Morgan fingerprint density at radius 1 is 1.53 bits per heavy atom. The summed E-state index contributed by atoms with van der Waals surface area (Å²) >= 11 is 0. The molecule has 1 saturated heterocycles. The van der Waals surface area contributed by atoms with Crippen LogP contribution in [0.3, 0.4) is 0 Å². The lowest BCUT2D eigenvalue weighted by atomic mass is 10.1. The maximum atomic E-state index is 4.32. The Bertz CT molecular complexity index is 341. The molecular formula is C12H19N3. The summed E-state index contributed by atoms with van der Waals surface area (Å²) < 4.78 is 2.39. The number of hydrogen-bond donors (Lipinski definition) is 1. The highest BCUT2D eigenvalue weighted by atomic mass is 15.2. The molecule has 2 aliphatic rings. The molecule has 0 amide bonds. The van der Waals surface area contributed by atoms with Gasteiger partial charge in [-0.3, -0.25) is 0 Å². The molecular weight excluding hydrogens is 186 g/mol. The molecule has 1 saturated carbocycles. The predicted molar refractivity (Wildman–Crippen MR) is 59.6 cm³/mol. The number of imidazole rings is 1. The van der Waals surface area contributed by atoms with E-state index in [-0.39, 0.29) is 0 Å². The van der Waals surface area contributed by atoms with Gasteiger partial charge in [0, 0.05) is 18.3 Å². The van der Waals surface area contributed by atoms with Gasteiger partial charge in [-0.1, -0.05) is 13.8 Å². The Balaban J connectivity index is 1.86. The molecule has 1 unspecified atom stereocenters. The first kappa shape index (κ1) is 9.40. The average Bonchev–Trinajstić information content (AvgIpc) is 2.73. The second-order valence-electron chi connectivity index (χ2n) is 5.58. The number of aromatic nitrogens is 2. The molecule has 2 atom stereocenters. The summed E-state index contributed by atoms with van der Waals surface area (Å²) in [5.74, 6) is 0. The number of nitrogens with zero attached hydrogens (tertiary/aromatic N) is 2. The van der Waals surface area contributed by atoms with Gasteiger partial charge in [-0.2, -0.15) is 0 Å². The third-order valence-electron chi connectivity index (χ3n) is 3.91. The zero-order valence-electron chi connectivity index (χ0n) is 9.53. The van der Waals surface area contributed by atoms with Crippen molar-refractivity contribution < 1.29 is 0 Å². The molecule has 2 fully saturated rings. The van der Waals surface area contributed by atoms with Crippen molar-refractivity contribution in [1.29, 1.82) is 0 Å². The van der Waals surface area contributed by atoms with Gasteiger partial charge in [0.15, 0.2) is 0 Å². The van der Waals surface area contributed by atoms with Crippen LogP contribution in [0.5, 0.6) is 0 Å². The van der Waals surface area contributed by atoms with Crippen LogP contribution in [0.1, 0.15) is 50.9 Å². The molecule has 1 aromatic rings. The number of hydrogen-bond acceptors (Lipinski definition) is 2. The maximum Gasteiger partial charge on any atom is 0.0951 e. The molecule has 3 nitrogen and oxygen atoms in total. The van der Waals surface area contributed by atoms with Crippen molar-refractivity contribution in [2.24, 2.45) is 5.41 Å². The molecule has 82 valence electrons. The third kappa shape index (κ3) is 1.49. The van der Waals surface area contributed by atoms with Gasteiger partial charge in [-0.15, -0.1) is 0 Å². The lowest BCUT2D eigenvalue weighted by Gasteiger charge is -2.15. The smallest absolute Gasteiger partial charge is 0.0951 e. The highest BCUT2D eigenvalue weighted by Gasteiger charge is 2.48. The van der Waals surface area contributed by atoms with Crippen molar-refractivity contribution in [3.63, 3.8) is 0 Å². The minimum absolute atomic E-state index is 0.480. The van der Waals surface area contributed by atoms with Crippen LogP contribution in [0, 0.1) is 5.41 Å². The molecule has 1 N–H and O–H groups in total. The molecule has 0 aromatic carbocycles. The van der Waals surface area contributed by atoms with Crippen LogP contribution in [0.4, 0.5) is 0 Å². The topological polar surface area (TPSA) is 29.9 Å². The first-order valence-corrected chi connectivity index (χ1v) is 5.93. The van der Waals surface area contributed by atoms with E-state index < -0.39 is 0 Å². The summed E-state index contributed by atoms with van der Waals surface area (Å²) in [6.45, 7) is 5.83. The van der Waals surface area contributed by atoms with E-state index in [9.17, 15) is 0 Å². The molecule has 0 radical (unpaired) electrons. The van der Waals surface area contributed by atoms with Gasteiger partial charge in [0.1, 0.15) is 0 Å². The Labute approximate surface area is 90.9 Å². The molecule has 3 heteroatoms. The maximum absolute atomic E-state index is 4.32. The van der Waals surface area contributed by atoms with Crippen LogP contribution in [0.15, 0.2) is 12.5 Å². The lowest BCUT2D eigenvalue weighted by Crippen LogP contribution is -2.17. The van der Waals surface area contributed by atoms with Gasteiger partial charge in [0.05, 0.1) is 12.0 Å². The normalized spacial score (nSPS) is 33.2. The van der Waals surface area contributed by atoms with E-state index in [1.54, 1.807) is 0 Å². The van der Waals surface area contributed by atoms with Gasteiger partial charge in [-0.05, 0) is 31.2 Å². The summed E-state index contributed by atoms with van der Waals surface area (Å²) in [6.07, 6.45) is 7.90. The summed E-state index contributed by atoms with van der Waals surface area (Å²) in [6, 6.07) is 1.22. The fourth-order valence-electron chi connectivity index (χ4n) is 2.70. The molecule has 0 bridgehead atoms. The largest absolute Gasteiger partial charge is 0.329 e. The van der Waals surface area contributed by atoms with Gasteiger partial charge >= 0.3 is 0 Å². The van der Waals surface area contributed by atoms with Crippen LogP contribution >= 0.6 is 0 Å². The SMILES string of the molecule is CC1(C)CC1n1cncc1[C@@H]1CCCN1. The van der Waals surface area contributed by atoms with E-state index in [1.165, 1.54) is 25.0 Å². The fraction of sp³-hybridized carbons (Fsp3) is 0.750. The van der Waals surface area contributed by atoms with Crippen molar-refractivity contribution in [3.8, 4) is 0 Å². The van der Waals surface area contributed by atoms with Gasteiger partial charge < -0.3 is 9.88 Å². The second-order valence-corrected chi connectivity index (χ2v) is 5.58. The number of nitrogens with one attached hydrogen (secondary N) is 1. The quantitative estimate of drug-likeness (QED) is 0.802.